The SMILES string of the molecule is COC(=O)c1cc(C#CCCNC(C)=O)c[nH]1. The van der Waals surface area contributed by atoms with Crippen LogP contribution in [-0.4, -0.2) is 30.5 Å². The fourth-order valence-corrected chi connectivity index (χ4v) is 1.16. The number of ether oxygens (including phenoxy) is 1. The molecule has 90 valence electrons. The number of H-pyrrole nitrogens is 1. The monoisotopic (exact) mass is 234 g/mol. The maximum atomic E-state index is 11.1. The van der Waals surface area contributed by atoms with Crippen molar-refractivity contribution in [2.24, 2.45) is 0 Å². The van der Waals surface area contributed by atoms with E-state index in [1.54, 1.807) is 12.3 Å². The highest BCUT2D eigenvalue weighted by molar-refractivity contribution is 5.87. The molecule has 0 aliphatic heterocycles. The van der Waals surface area contributed by atoms with Crippen molar-refractivity contribution in [1.82, 2.24) is 10.3 Å². The average Bonchev–Trinajstić information content (AvgIpc) is 2.76. The van der Waals surface area contributed by atoms with E-state index >= 15 is 0 Å². The van der Waals surface area contributed by atoms with Crippen molar-refractivity contribution < 1.29 is 14.3 Å². The highest BCUT2D eigenvalue weighted by Gasteiger charge is 2.06. The van der Waals surface area contributed by atoms with Crippen molar-refractivity contribution in [2.45, 2.75) is 13.3 Å². The summed E-state index contributed by atoms with van der Waals surface area (Å²) in [7, 11) is 1.32. The molecule has 0 aliphatic carbocycles. The van der Waals surface area contributed by atoms with Gasteiger partial charge in [-0.3, -0.25) is 4.79 Å². The van der Waals surface area contributed by atoms with Crippen LogP contribution >= 0.6 is 0 Å². The first-order valence-corrected chi connectivity index (χ1v) is 5.13. The van der Waals surface area contributed by atoms with Gasteiger partial charge in [0.05, 0.1) is 7.11 Å². The quantitative estimate of drug-likeness (QED) is 0.459. The number of esters is 1. The molecule has 0 spiro atoms. The Labute approximate surface area is 99.5 Å². The first kappa shape index (κ1) is 12.8. The van der Waals surface area contributed by atoms with Crippen LogP contribution in [0.3, 0.4) is 0 Å². The summed E-state index contributed by atoms with van der Waals surface area (Å²) in [6.45, 7) is 1.98. The summed E-state index contributed by atoms with van der Waals surface area (Å²) in [6.07, 6.45) is 2.20. The molecule has 1 rings (SSSR count). The average molecular weight is 234 g/mol. The second-order valence-electron chi connectivity index (χ2n) is 3.33. The molecule has 1 aromatic rings. The summed E-state index contributed by atoms with van der Waals surface area (Å²) < 4.78 is 4.55. The molecule has 2 N–H and O–H groups in total. The molecule has 0 saturated carbocycles. The molecule has 5 nitrogen and oxygen atoms in total. The first-order valence-electron chi connectivity index (χ1n) is 5.13. The van der Waals surface area contributed by atoms with Crippen LogP contribution in [0, 0.1) is 11.8 Å². The van der Waals surface area contributed by atoms with Gasteiger partial charge in [-0.05, 0) is 6.07 Å². The van der Waals surface area contributed by atoms with Gasteiger partial charge in [0.15, 0.2) is 0 Å². The van der Waals surface area contributed by atoms with Crippen LogP contribution in [0.1, 0.15) is 29.4 Å². The summed E-state index contributed by atoms with van der Waals surface area (Å²) >= 11 is 0. The van der Waals surface area contributed by atoms with Gasteiger partial charge in [0.2, 0.25) is 5.91 Å². The van der Waals surface area contributed by atoms with Gasteiger partial charge in [0, 0.05) is 31.6 Å². The third kappa shape index (κ3) is 4.43. The number of carbonyl (C=O) groups excluding carboxylic acids is 2. The summed E-state index contributed by atoms with van der Waals surface area (Å²) in [5, 5.41) is 2.64. The number of aromatic amines is 1. The van der Waals surface area contributed by atoms with Crippen LogP contribution in [0.25, 0.3) is 0 Å². The topological polar surface area (TPSA) is 71.2 Å². The number of nitrogens with one attached hydrogen (secondary N) is 2. The molecular weight excluding hydrogens is 220 g/mol. The zero-order valence-corrected chi connectivity index (χ0v) is 9.79. The van der Waals surface area contributed by atoms with Gasteiger partial charge in [-0.15, -0.1) is 0 Å². The van der Waals surface area contributed by atoms with E-state index in [9.17, 15) is 9.59 Å². The lowest BCUT2D eigenvalue weighted by atomic mass is 10.3. The van der Waals surface area contributed by atoms with E-state index in [0.717, 1.165) is 0 Å². The summed E-state index contributed by atoms with van der Waals surface area (Å²) in [6, 6.07) is 1.62. The summed E-state index contributed by atoms with van der Waals surface area (Å²) in [4.78, 5) is 24.5. The summed E-state index contributed by atoms with van der Waals surface area (Å²) in [5.41, 5.74) is 1.09. The third-order valence-corrected chi connectivity index (χ3v) is 1.94. The van der Waals surface area contributed by atoms with Crippen LogP contribution in [0.4, 0.5) is 0 Å². The Kier molecular flexibility index (Phi) is 4.82. The van der Waals surface area contributed by atoms with Gasteiger partial charge in [-0.1, -0.05) is 11.8 Å². The standard InChI is InChI=1S/C12H14N2O3/c1-9(15)13-6-4-3-5-10-7-11(14-8-10)12(16)17-2/h7-8,14H,4,6H2,1-2H3,(H,13,15). The second-order valence-corrected chi connectivity index (χ2v) is 3.33. The van der Waals surface area contributed by atoms with Gasteiger partial charge in [0.1, 0.15) is 5.69 Å². The molecule has 17 heavy (non-hydrogen) atoms. The fourth-order valence-electron chi connectivity index (χ4n) is 1.16. The van der Waals surface area contributed by atoms with E-state index in [1.165, 1.54) is 14.0 Å². The van der Waals surface area contributed by atoms with Crippen molar-refractivity contribution in [3.05, 3.63) is 23.5 Å². The van der Waals surface area contributed by atoms with E-state index < -0.39 is 5.97 Å². The highest BCUT2D eigenvalue weighted by Crippen LogP contribution is 2.03. The molecule has 0 radical (unpaired) electrons. The second kappa shape index (κ2) is 6.38. The van der Waals surface area contributed by atoms with E-state index in [0.29, 0.717) is 24.2 Å². The van der Waals surface area contributed by atoms with Crippen LogP contribution in [0.5, 0.6) is 0 Å². The van der Waals surface area contributed by atoms with Gasteiger partial charge >= 0.3 is 5.97 Å². The minimum Gasteiger partial charge on any atom is -0.464 e. The lowest BCUT2D eigenvalue weighted by molar-refractivity contribution is -0.118. The number of hydrogen-bond acceptors (Lipinski definition) is 3. The highest BCUT2D eigenvalue weighted by atomic mass is 16.5. The van der Waals surface area contributed by atoms with Crippen LogP contribution in [0.15, 0.2) is 12.3 Å². The maximum Gasteiger partial charge on any atom is 0.354 e. The van der Waals surface area contributed by atoms with E-state index in [4.69, 9.17) is 0 Å². The lowest BCUT2D eigenvalue weighted by Crippen LogP contribution is -2.20. The number of amides is 1. The van der Waals surface area contributed by atoms with E-state index in [2.05, 4.69) is 26.9 Å². The number of rotatable bonds is 3. The minimum atomic E-state index is -0.420. The number of aromatic nitrogens is 1. The molecule has 5 heteroatoms. The lowest BCUT2D eigenvalue weighted by Gasteiger charge is -1.94. The molecular formula is C12H14N2O3. The number of hydrogen-bond donors (Lipinski definition) is 2. The smallest absolute Gasteiger partial charge is 0.354 e. The van der Waals surface area contributed by atoms with Gasteiger partial charge < -0.3 is 15.0 Å². The van der Waals surface area contributed by atoms with Gasteiger partial charge in [-0.25, -0.2) is 4.79 Å². The van der Waals surface area contributed by atoms with Gasteiger partial charge in [-0.2, -0.15) is 0 Å². The largest absolute Gasteiger partial charge is 0.464 e. The van der Waals surface area contributed by atoms with Crippen molar-refractivity contribution in [3.63, 3.8) is 0 Å². The fraction of sp³-hybridized carbons (Fsp3) is 0.333. The molecule has 0 fully saturated rings. The molecule has 0 unspecified atom stereocenters. The zero-order valence-electron chi connectivity index (χ0n) is 9.79. The molecule has 0 atom stereocenters. The van der Waals surface area contributed by atoms with Crippen LogP contribution < -0.4 is 5.32 Å². The Morgan fingerprint density at radius 3 is 2.94 bits per heavy atom. The van der Waals surface area contributed by atoms with Crippen molar-refractivity contribution in [2.75, 3.05) is 13.7 Å². The Bertz CT molecular complexity index is 466. The molecule has 1 heterocycles. The van der Waals surface area contributed by atoms with E-state index in [1.807, 2.05) is 0 Å². The molecule has 0 aliphatic rings. The molecule has 0 saturated heterocycles. The molecule has 0 aromatic carbocycles. The Morgan fingerprint density at radius 1 is 1.53 bits per heavy atom. The molecule has 1 amide bonds. The Hall–Kier alpha value is -2.22. The van der Waals surface area contributed by atoms with Crippen molar-refractivity contribution >= 4 is 11.9 Å². The first-order chi connectivity index (χ1) is 8.13. The zero-order chi connectivity index (χ0) is 12.7. The van der Waals surface area contributed by atoms with Crippen molar-refractivity contribution in [1.29, 1.82) is 0 Å². The predicted molar refractivity (Wildman–Crippen MR) is 62.3 cm³/mol. The third-order valence-electron chi connectivity index (χ3n) is 1.94. The van der Waals surface area contributed by atoms with Crippen molar-refractivity contribution in [3.8, 4) is 11.8 Å². The van der Waals surface area contributed by atoms with Gasteiger partial charge in [0.25, 0.3) is 0 Å². The minimum absolute atomic E-state index is 0.0681. The summed E-state index contributed by atoms with van der Waals surface area (Å²) in [5.74, 6) is 5.28. The maximum absolute atomic E-state index is 11.1. The van der Waals surface area contributed by atoms with Crippen LogP contribution in [-0.2, 0) is 9.53 Å². The normalized spacial score (nSPS) is 9.06. The molecule has 0 bridgehead atoms. The Morgan fingerprint density at radius 2 is 2.29 bits per heavy atom. The molecule has 1 aromatic heterocycles. The number of carbonyl (C=O) groups is 2. The predicted octanol–water partition coefficient (Wildman–Crippen LogP) is 0.679. The number of methoxy groups -OCH3 is 1. The van der Waals surface area contributed by atoms with Crippen LogP contribution in [0.2, 0.25) is 0 Å². The van der Waals surface area contributed by atoms with E-state index in [-0.39, 0.29) is 5.91 Å². The Balaban J connectivity index is 2.46.